The maximum Gasteiger partial charge on any atom is 0.249 e. The lowest BCUT2D eigenvalue weighted by molar-refractivity contribution is -0.115. The SMILES string of the molecule is O=C(Cc1cccnc1)Nc1nc2cccc(NC3CCCCC3)n2n1. The molecule has 3 aromatic heterocycles. The van der Waals surface area contributed by atoms with Gasteiger partial charge in [0.15, 0.2) is 5.65 Å². The van der Waals surface area contributed by atoms with Crippen molar-refractivity contribution in [2.75, 3.05) is 10.6 Å². The van der Waals surface area contributed by atoms with Crippen LogP contribution >= 0.6 is 0 Å². The van der Waals surface area contributed by atoms with E-state index in [2.05, 4.69) is 25.7 Å². The van der Waals surface area contributed by atoms with Crippen molar-refractivity contribution >= 4 is 23.3 Å². The summed E-state index contributed by atoms with van der Waals surface area (Å²) >= 11 is 0. The van der Waals surface area contributed by atoms with Crippen LogP contribution in [0.5, 0.6) is 0 Å². The summed E-state index contributed by atoms with van der Waals surface area (Å²) < 4.78 is 1.76. The highest BCUT2D eigenvalue weighted by Crippen LogP contribution is 2.22. The lowest BCUT2D eigenvalue weighted by Gasteiger charge is -2.23. The fraction of sp³-hybridized carbons (Fsp3) is 0.368. The summed E-state index contributed by atoms with van der Waals surface area (Å²) in [7, 11) is 0. The van der Waals surface area contributed by atoms with E-state index in [-0.39, 0.29) is 12.3 Å². The highest BCUT2D eigenvalue weighted by atomic mass is 16.1. The predicted molar refractivity (Wildman–Crippen MR) is 100 cm³/mol. The molecular formula is C19H22N6O. The number of nitrogens with zero attached hydrogens (tertiary/aromatic N) is 4. The van der Waals surface area contributed by atoms with E-state index in [1.54, 1.807) is 16.9 Å². The van der Waals surface area contributed by atoms with Gasteiger partial charge in [-0.05, 0) is 36.6 Å². The molecule has 4 rings (SSSR count). The second-order valence-electron chi connectivity index (χ2n) is 6.68. The largest absolute Gasteiger partial charge is 0.367 e. The Morgan fingerprint density at radius 2 is 2.04 bits per heavy atom. The second-order valence-corrected chi connectivity index (χ2v) is 6.68. The molecule has 2 N–H and O–H groups in total. The third kappa shape index (κ3) is 3.82. The molecule has 1 aliphatic rings. The van der Waals surface area contributed by atoms with Crippen molar-refractivity contribution in [1.29, 1.82) is 0 Å². The van der Waals surface area contributed by atoms with Gasteiger partial charge in [0, 0.05) is 18.4 Å². The summed E-state index contributed by atoms with van der Waals surface area (Å²) in [6, 6.07) is 10.00. The van der Waals surface area contributed by atoms with E-state index < -0.39 is 0 Å². The van der Waals surface area contributed by atoms with Gasteiger partial charge in [0.25, 0.3) is 0 Å². The Bertz CT molecular complexity index is 885. The van der Waals surface area contributed by atoms with Crippen LogP contribution in [0.3, 0.4) is 0 Å². The van der Waals surface area contributed by atoms with E-state index in [0.717, 1.165) is 11.4 Å². The van der Waals surface area contributed by atoms with E-state index in [1.807, 2.05) is 30.3 Å². The Morgan fingerprint density at radius 1 is 1.15 bits per heavy atom. The molecule has 0 bridgehead atoms. The molecule has 3 heterocycles. The van der Waals surface area contributed by atoms with Crippen molar-refractivity contribution in [1.82, 2.24) is 19.6 Å². The number of anilines is 2. The van der Waals surface area contributed by atoms with Gasteiger partial charge in [0.1, 0.15) is 5.82 Å². The van der Waals surface area contributed by atoms with Gasteiger partial charge >= 0.3 is 0 Å². The summed E-state index contributed by atoms with van der Waals surface area (Å²) in [4.78, 5) is 20.7. The molecule has 7 nitrogen and oxygen atoms in total. The first kappa shape index (κ1) is 16.5. The van der Waals surface area contributed by atoms with Crippen LogP contribution in [0.1, 0.15) is 37.7 Å². The number of carbonyl (C=O) groups excluding carboxylic acids is 1. The molecule has 1 amide bonds. The smallest absolute Gasteiger partial charge is 0.249 e. The van der Waals surface area contributed by atoms with Crippen LogP contribution in [0.15, 0.2) is 42.7 Å². The Hall–Kier alpha value is -2.96. The number of nitrogens with one attached hydrogen (secondary N) is 2. The molecule has 0 spiro atoms. The monoisotopic (exact) mass is 350 g/mol. The number of fused-ring (bicyclic) bond motifs is 1. The molecular weight excluding hydrogens is 328 g/mol. The third-order valence-corrected chi connectivity index (χ3v) is 4.66. The van der Waals surface area contributed by atoms with Crippen LogP contribution < -0.4 is 10.6 Å². The van der Waals surface area contributed by atoms with E-state index in [0.29, 0.717) is 17.6 Å². The van der Waals surface area contributed by atoms with Crippen LogP contribution in [0.25, 0.3) is 5.65 Å². The van der Waals surface area contributed by atoms with Crippen molar-refractivity contribution in [3.05, 3.63) is 48.3 Å². The third-order valence-electron chi connectivity index (χ3n) is 4.66. The van der Waals surface area contributed by atoms with Gasteiger partial charge < -0.3 is 5.32 Å². The molecule has 1 fully saturated rings. The van der Waals surface area contributed by atoms with Gasteiger partial charge in [0.05, 0.1) is 6.42 Å². The zero-order valence-electron chi connectivity index (χ0n) is 14.6. The molecule has 26 heavy (non-hydrogen) atoms. The van der Waals surface area contributed by atoms with Gasteiger partial charge in [-0.1, -0.05) is 31.4 Å². The molecule has 134 valence electrons. The Balaban J connectivity index is 1.48. The summed E-state index contributed by atoms with van der Waals surface area (Å²) in [6.45, 7) is 0. The molecule has 0 atom stereocenters. The summed E-state index contributed by atoms with van der Waals surface area (Å²) in [6.07, 6.45) is 9.82. The standard InChI is InChI=1S/C19H22N6O/c26-18(12-14-6-5-11-20-13-14)23-19-22-17-10-4-9-16(25(17)24-19)21-15-7-2-1-3-8-15/h4-6,9-11,13,15,21H,1-3,7-8,12H2,(H,23,24,26). The number of amides is 1. The quantitative estimate of drug-likeness (QED) is 0.739. The molecule has 0 aromatic carbocycles. The zero-order valence-corrected chi connectivity index (χ0v) is 14.6. The highest BCUT2D eigenvalue weighted by Gasteiger charge is 2.16. The second kappa shape index (κ2) is 7.51. The van der Waals surface area contributed by atoms with E-state index in [9.17, 15) is 4.79 Å². The number of rotatable bonds is 5. The maximum atomic E-state index is 12.2. The normalized spacial score (nSPS) is 15.1. The van der Waals surface area contributed by atoms with Crippen LogP contribution in [0.2, 0.25) is 0 Å². The number of hydrogen-bond acceptors (Lipinski definition) is 5. The predicted octanol–water partition coefficient (Wildman–Crippen LogP) is 3.05. The summed E-state index contributed by atoms with van der Waals surface area (Å²) in [5.74, 6) is 1.07. The molecule has 1 aliphatic carbocycles. The van der Waals surface area contributed by atoms with Crippen molar-refractivity contribution in [3.8, 4) is 0 Å². The van der Waals surface area contributed by atoms with Gasteiger partial charge in [-0.15, -0.1) is 5.10 Å². The summed E-state index contributed by atoms with van der Waals surface area (Å²) in [5, 5.41) is 10.8. The minimum atomic E-state index is -0.157. The molecule has 0 radical (unpaired) electrons. The van der Waals surface area contributed by atoms with Gasteiger partial charge in [-0.2, -0.15) is 9.50 Å². The molecule has 3 aromatic rings. The van der Waals surface area contributed by atoms with E-state index >= 15 is 0 Å². The van der Waals surface area contributed by atoms with Crippen LogP contribution in [-0.2, 0) is 11.2 Å². The minimum absolute atomic E-state index is 0.157. The zero-order chi connectivity index (χ0) is 17.8. The van der Waals surface area contributed by atoms with Crippen LogP contribution in [0.4, 0.5) is 11.8 Å². The van der Waals surface area contributed by atoms with Crippen molar-refractivity contribution in [2.24, 2.45) is 0 Å². The highest BCUT2D eigenvalue weighted by molar-refractivity contribution is 5.90. The molecule has 0 saturated heterocycles. The molecule has 1 saturated carbocycles. The first-order valence-corrected chi connectivity index (χ1v) is 9.09. The first-order valence-electron chi connectivity index (χ1n) is 9.09. The van der Waals surface area contributed by atoms with Gasteiger partial charge in [0.2, 0.25) is 11.9 Å². The fourth-order valence-electron chi connectivity index (χ4n) is 3.38. The number of aromatic nitrogens is 4. The van der Waals surface area contributed by atoms with Crippen LogP contribution in [-0.4, -0.2) is 31.5 Å². The van der Waals surface area contributed by atoms with Gasteiger partial charge in [-0.3, -0.25) is 15.1 Å². The summed E-state index contributed by atoms with van der Waals surface area (Å²) in [5.41, 5.74) is 1.57. The lowest BCUT2D eigenvalue weighted by atomic mass is 9.95. The molecule has 0 unspecified atom stereocenters. The first-order chi connectivity index (χ1) is 12.8. The molecule has 0 aliphatic heterocycles. The van der Waals surface area contributed by atoms with E-state index in [4.69, 9.17) is 0 Å². The average molecular weight is 350 g/mol. The van der Waals surface area contributed by atoms with Crippen molar-refractivity contribution in [2.45, 2.75) is 44.6 Å². The van der Waals surface area contributed by atoms with Crippen molar-refractivity contribution < 1.29 is 4.79 Å². The van der Waals surface area contributed by atoms with Gasteiger partial charge in [-0.25, -0.2) is 0 Å². The van der Waals surface area contributed by atoms with Crippen LogP contribution in [0, 0.1) is 0 Å². The average Bonchev–Trinajstić information content (AvgIpc) is 3.07. The Morgan fingerprint density at radius 3 is 2.85 bits per heavy atom. The molecule has 7 heteroatoms. The number of pyridine rings is 2. The fourth-order valence-corrected chi connectivity index (χ4v) is 3.38. The van der Waals surface area contributed by atoms with E-state index in [1.165, 1.54) is 32.1 Å². The van der Waals surface area contributed by atoms with Crippen molar-refractivity contribution in [3.63, 3.8) is 0 Å². The topological polar surface area (TPSA) is 84.2 Å². The minimum Gasteiger partial charge on any atom is -0.367 e. The Kier molecular flexibility index (Phi) is 4.77. The number of hydrogen-bond donors (Lipinski definition) is 2. The number of carbonyl (C=O) groups is 1. The Labute approximate surface area is 151 Å². The lowest BCUT2D eigenvalue weighted by Crippen LogP contribution is -2.23. The maximum absolute atomic E-state index is 12.2.